The minimum atomic E-state index is -4.27. The third kappa shape index (κ3) is 12.4. The Hall–Kier alpha value is -1.02. The predicted molar refractivity (Wildman–Crippen MR) is 92.5 cm³/mol. The van der Waals surface area contributed by atoms with Gasteiger partial charge in [-0.3, -0.25) is 9.89 Å². The molecule has 5 nitrogen and oxygen atoms in total. The molecule has 0 unspecified atom stereocenters. The molecule has 0 fully saturated rings. The summed E-state index contributed by atoms with van der Waals surface area (Å²) in [5, 5.41) is 6.38. The van der Waals surface area contributed by atoms with E-state index in [0.29, 0.717) is 31.0 Å². The highest BCUT2D eigenvalue weighted by molar-refractivity contribution is 5.79. The molecule has 24 heavy (non-hydrogen) atoms. The van der Waals surface area contributed by atoms with Crippen molar-refractivity contribution in [1.82, 2.24) is 15.5 Å². The van der Waals surface area contributed by atoms with E-state index in [4.69, 9.17) is 0 Å². The van der Waals surface area contributed by atoms with Gasteiger partial charge in [-0.05, 0) is 41.0 Å². The monoisotopic (exact) mass is 354 g/mol. The second kappa shape index (κ2) is 12.4. The normalized spacial score (nSPS) is 13.2. The Morgan fingerprint density at radius 1 is 1.12 bits per heavy atom. The summed E-state index contributed by atoms with van der Waals surface area (Å²) in [6, 6.07) is 0.939. The van der Waals surface area contributed by atoms with Crippen molar-refractivity contribution in [3.05, 3.63) is 0 Å². The fourth-order valence-corrected chi connectivity index (χ4v) is 2.30. The van der Waals surface area contributed by atoms with Crippen molar-refractivity contribution >= 4 is 5.96 Å². The molecule has 2 N–H and O–H groups in total. The van der Waals surface area contributed by atoms with Crippen LogP contribution in [0, 0.1) is 0 Å². The Morgan fingerprint density at radius 3 is 2.25 bits per heavy atom. The average molecular weight is 354 g/mol. The second-order valence-electron chi connectivity index (χ2n) is 6.13. The van der Waals surface area contributed by atoms with Gasteiger partial charge >= 0.3 is 6.18 Å². The van der Waals surface area contributed by atoms with Crippen molar-refractivity contribution in [1.29, 1.82) is 0 Å². The van der Waals surface area contributed by atoms with E-state index in [-0.39, 0.29) is 6.61 Å². The Bertz CT molecular complexity index is 339. The van der Waals surface area contributed by atoms with Crippen molar-refractivity contribution in [2.45, 2.75) is 59.3 Å². The summed E-state index contributed by atoms with van der Waals surface area (Å²) in [6.07, 6.45) is -3.81. The zero-order valence-electron chi connectivity index (χ0n) is 15.5. The molecule has 0 aliphatic heterocycles. The molecule has 0 aromatic heterocycles. The van der Waals surface area contributed by atoms with Crippen LogP contribution in [0.25, 0.3) is 0 Å². The Kier molecular flexibility index (Phi) is 11.8. The largest absolute Gasteiger partial charge is 0.411 e. The van der Waals surface area contributed by atoms with Crippen molar-refractivity contribution in [2.75, 3.05) is 39.4 Å². The minimum absolute atomic E-state index is 0.0525. The van der Waals surface area contributed by atoms with Crippen molar-refractivity contribution in [2.24, 2.45) is 4.99 Å². The summed E-state index contributed by atoms with van der Waals surface area (Å²) >= 11 is 0. The van der Waals surface area contributed by atoms with E-state index >= 15 is 0 Å². The van der Waals surface area contributed by atoms with Gasteiger partial charge < -0.3 is 15.4 Å². The maximum atomic E-state index is 11.9. The first-order valence-electron chi connectivity index (χ1n) is 8.59. The van der Waals surface area contributed by atoms with E-state index in [9.17, 15) is 13.2 Å². The van der Waals surface area contributed by atoms with Crippen LogP contribution in [0.2, 0.25) is 0 Å². The van der Waals surface area contributed by atoms with Gasteiger partial charge in [0.15, 0.2) is 5.96 Å². The fourth-order valence-electron chi connectivity index (χ4n) is 2.30. The molecule has 144 valence electrons. The number of nitrogens with zero attached hydrogens (tertiary/aromatic N) is 2. The van der Waals surface area contributed by atoms with Crippen LogP contribution < -0.4 is 10.6 Å². The first kappa shape index (κ1) is 23.0. The molecule has 0 saturated heterocycles. The molecule has 0 saturated carbocycles. The third-order valence-corrected chi connectivity index (χ3v) is 3.32. The highest BCUT2D eigenvalue weighted by atomic mass is 19.4. The summed E-state index contributed by atoms with van der Waals surface area (Å²) in [5.74, 6) is 0.681. The Balaban J connectivity index is 4.10. The topological polar surface area (TPSA) is 48.9 Å². The second-order valence-corrected chi connectivity index (χ2v) is 6.13. The molecular formula is C16H33F3N4O. The number of ether oxygens (including phenoxy) is 1. The van der Waals surface area contributed by atoms with Crippen LogP contribution in [0.3, 0.4) is 0 Å². The van der Waals surface area contributed by atoms with Crippen LogP contribution in [-0.2, 0) is 4.74 Å². The lowest BCUT2D eigenvalue weighted by atomic mass is 10.2. The van der Waals surface area contributed by atoms with Crippen molar-refractivity contribution in [3.8, 4) is 0 Å². The molecule has 0 radical (unpaired) electrons. The maximum absolute atomic E-state index is 11.9. The van der Waals surface area contributed by atoms with Gasteiger partial charge in [0.2, 0.25) is 0 Å². The number of hydrogen-bond acceptors (Lipinski definition) is 3. The molecule has 0 amide bonds. The van der Waals surface area contributed by atoms with Gasteiger partial charge in [0, 0.05) is 44.9 Å². The average Bonchev–Trinajstić information content (AvgIpc) is 2.44. The molecule has 0 spiro atoms. The Labute approximate surface area is 144 Å². The van der Waals surface area contributed by atoms with E-state index in [2.05, 4.69) is 53.0 Å². The predicted octanol–water partition coefficient (Wildman–Crippen LogP) is 2.63. The number of halogens is 3. The van der Waals surface area contributed by atoms with Gasteiger partial charge in [0.25, 0.3) is 0 Å². The molecule has 0 aliphatic rings. The fraction of sp³-hybridized carbons (Fsp3) is 0.938. The molecule has 0 aliphatic carbocycles. The first-order valence-corrected chi connectivity index (χ1v) is 8.59. The SMILES string of the molecule is CCNC(=NCCCOCC(F)(F)F)NCCN(C(C)C)C(C)C. The number of rotatable bonds is 11. The highest BCUT2D eigenvalue weighted by Crippen LogP contribution is 2.14. The van der Waals surface area contributed by atoms with Crippen molar-refractivity contribution in [3.63, 3.8) is 0 Å². The van der Waals surface area contributed by atoms with E-state index < -0.39 is 12.8 Å². The number of hydrogen-bond donors (Lipinski definition) is 2. The molecule has 0 bridgehead atoms. The molecule has 8 heteroatoms. The molecule has 0 heterocycles. The summed E-state index contributed by atoms with van der Waals surface area (Å²) in [5.41, 5.74) is 0. The summed E-state index contributed by atoms with van der Waals surface area (Å²) < 4.78 is 40.4. The molecule has 0 rings (SSSR count). The smallest absolute Gasteiger partial charge is 0.372 e. The van der Waals surface area contributed by atoms with Crippen LogP contribution in [0.4, 0.5) is 13.2 Å². The van der Waals surface area contributed by atoms with E-state index in [1.807, 2.05) is 6.92 Å². The lowest BCUT2D eigenvalue weighted by Crippen LogP contribution is -2.45. The summed E-state index contributed by atoms with van der Waals surface area (Å²) in [7, 11) is 0. The van der Waals surface area contributed by atoms with Crippen LogP contribution in [-0.4, -0.2) is 68.5 Å². The zero-order chi connectivity index (χ0) is 18.6. The number of aliphatic imine (C=N–C) groups is 1. The summed E-state index contributed by atoms with van der Waals surface area (Å²) in [4.78, 5) is 6.73. The van der Waals surface area contributed by atoms with Gasteiger partial charge in [0.05, 0.1) is 0 Å². The van der Waals surface area contributed by atoms with Crippen LogP contribution in [0.5, 0.6) is 0 Å². The zero-order valence-corrected chi connectivity index (χ0v) is 15.5. The minimum Gasteiger partial charge on any atom is -0.372 e. The number of nitrogens with one attached hydrogen (secondary N) is 2. The first-order chi connectivity index (χ1) is 11.2. The van der Waals surface area contributed by atoms with Gasteiger partial charge in [-0.1, -0.05) is 0 Å². The van der Waals surface area contributed by atoms with Gasteiger partial charge in [-0.2, -0.15) is 13.2 Å². The Morgan fingerprint density at radius 2 is 1.75 bits per heavy atom. The van der Waals surface area contributed by atoms with Crippen LogP contribution >= 0.6 is 0 Å². The summed E-state index contributed by atoms with van der Waals surface area (Å²) in [6.45, 7) is 12.3. The number of alkyl halides is 3. The maximum Gasteiger partial charge on any atom is 0.411 e. The van der Waals surface area contributed by atoms with Crippen LogP contribution in [0.15, 0.2) is 4.99 Å². The standard InChI is InChI=1S/C16H33F3N4O/c1-6-20-15(21-8-7-11-24-12-16(17,18)19)22-9-10-23(13(2)3)14(4)5/h13-14H,6-12H2,1-5H3,(H2,20,21,22). The van der Waals surface area contributed by atoms with Crippen molar-refractivity contribution < 1.29 is 17.9 Å². The van der Waals surface area contributed by atoms with E-state index in [0.717, 1.165) is 19.6 Å². The van der Waals surface area contributed by atoms with Gasteiger partial charge in [-0.15, -0.1) is 0 Å². The van der Waals surface area contributed by atoms with Gasteiger partial charge in [0.1, 0.15) is 6.61 Å². The van der Waals surface area contributed by atoms with Gasteiger partial charge in [-0.25, -0.2) is 0 Å². The lowest BCUT2D eigenvalue weighted by Gasteiger charge is -2.30. The molecule has 0 aromatic carbocycles. The molecule has 0 atom stereocenters. The van der Waals surface area contributed by atoms with E-state index in [1.165, 1.54) is 0 Å². The molecular weight excluding hydrogens is 321 g/mol. The van der Waals surface area contributed by atoms with Crippen LogP contribution in [0.1, 0.15) is 41.0 Å². The highest BCUT2D eigenvalue weighted by Gasteiger charge is 2.27. The quantitative estimate of drug-likeness (QED) is 0.340. The number of guanidine groups is 1. The van der Waals surface area contributed by atoms with E-state index in [1.54, 1.807) is 0 Å². The third-order valence-electron chi connectivity index (χ3n) is 3.32. The molecule has 0 aromatic rings. The lowest BCUT2D eigenvalue weighted by molar-refractivity contribution is -0.173.